The quantitative estimate of drug-likeness (QED) is 0.421. The van der Waals surface area contributed by atoms with E-state index in [2.05, 4.69) is 13.8 Å². The first-order chi connectivity index (χ1) is 13.6. The highest BCUT2D eigenvalue weighted by molar-refractivity contribution is 5.96. The van der Waals surface area contributed by atoms with Crippen molar-refractivity contribution in [3.05, 3.63) is 0 Å². The highest BCUT2D eigenvalue weighted by atomic mass is 16.1. The number of hydrogen-bond acceptors (Lipinski definition) is 1. The monoisotopic (exact) mass is 386 g/mol. The molecule has 4 saturated carbocycles. The van der Waals surface area contributed by atoms with E-state index >= 15 is 0 Å². The lowest BCUT2D eigenvalue weighted by Gasteiger charge is -2.59. The van der Waals surface area contributed by atoms with Gasteiger partial charge in [-0.15, -0.1) is 0 Å². The standard InChI is InChI=1S/C27H46O/c1-3-4-5-6-7-22-12-16-26(17-13-22)20-27(25(26)28)18-14-24(15-19-27)23-10-8-21(2)9-11-23/h21-24H,3-20H2,1-2H3. The van der Waals surface area contributed by atoms with E-state index < -0.39 is 0 Å². The molecular weight excluding hydrogens is 340 g/mol. The van der Waals surface area contributed by atoms with Crippen molar-refractivity contribution in [3.63, 3.8) is 0 Å². The van der Waals surface area contributed by atoms with Crippen LogP contribution in [0.25, 0.3) is 0 Å². The second-order valence-corrected chi connectivity index (χ2v) is 11.7. The molecule has 0 heterocycles. The average Bonchev–Trinajstić information content (AvgIpc) is 2.73. The van der Waals surface area contributed by atoms with Gasteiger partial charge in [0, 0.05) is 10.8 Å². The Hall–Kier alpha value is -0.330. The first kappa shape index (κ1) is 20.9. The minimum absolute atomic E-state index is 0.145. The third-order valence-corrected chi connectivity index (χ3v) is 9.88. The fraction of sp³-hybridized carbons (Fsp3) is 0.963. The zero-order valence-corrected chi connectivity index (χ0v) is 18.9. The number of carbonyl (C=O) groups excluding carboxylic acids is 1. The van der Waals surface area contributed by atoms with Crippen molar-refractivity contribution in [1.29, 1.82) is 0 Å². The number of rotatable bonds is 6. The van der Waals surface area contributed by atoms with Gasteiger partial charge < -0.3 is 0 Å². The molecule has 0 amide bonds. The number of hydrogen-bond donors (Lipinski definition) is 0. The number of unbranched alkanes of at least 4 members (excludes halogenated alkanes) is 3. The van der Waals surface area contributed by atoms with Gasteiger partial charge in [-0.05, 0) is 94.3 Å². The van der Waals surface area contributed by atoms with Crippen LogP contribution in [0, 0.1) is 34.5 Å². The van der Waals surface area contributed by atoms with Crippen molar-refractivity contribution < 1.29 is 4.79 Å². The van der Waals surface area contributed by atoms with Crippen LogP contribution in [0.1, 0.15) is 129 Å². The Balaban J connectivity index is 1.21. The number of carbonyl (C=O) groups is 1. The Morgan fingerprint density at radius 2 is 1.32 bits per heavy atom. The van der Waals surface area contributed by atoms with Gasteiger partial charge in [-0.2, -0.15) is 0 Å². The molecule has 0 aromatic heterocycles. The van der Waals surface area contributed by atoms with E-state index in [1.165, 1.54) is 116 Å². The fourth-order valence-corrected chi connectivity index (χ4v) is 7.87. The molecule has 0 bridgehead atoms. The molecule has 4 fully saturated rings. The minimum Gasteiger partial charge on any atom is -0.298 e. The summed E-state index contributed by atoms with van der Waals surface area (Å²) in [7, 11) is 0. The van der Waals surface area contributed by atoms with Gasteiger partial charge in [0.1, 0.15) is 5.78 Å². The summed E-state index contributed by atoms with van der Waals surface area (Å²) in [4.78, 5) is 13.4. The summed E-state index contributed by atoms with van der Waals surface area (Å²) in [6.07, 6.45) is 24.5. The van der Waals surface area contributed by atoms with E-state index in [-0.39, 0.29) is 10.8 Å². The summed E-state index contributed by atoms with van der Waals surface area (Å²) in [5.74, 6) is 4.56. The van der Waals surface area contributed by atoms with E-state index in [1.54, 1.807) is 0 Å². The van der Waals surface area contributed by atoms with Crippen molar-refractivity contribution in [2.24, 2.45) is 34.5 Å². The lowest BCUT2D eigenvalue weighted by molar-refractivity contribution is -0.169. The van der Waals surface area contributed by atoms with E-state index in [0.29, 0.717) is 0 Å². The molecular formula is C27H46O. The molecule has 1 heteroatoms. The van der Waals surface area contributed by atoms with Gasteiger partial charge in [0.15, 0.2) is 0 Å². The van der Waals surface area contributed by atoms with Crippen LogP contribution < -0.4 is 0 Å². The number of ketones is 1. The molecule has 1 nitrogen and oxygen atoms in total. The maximum atomic E-state index is 13.4. The second kappa shape index (κ2) is 8.81. The first-order valence-electron chi connectivity index (χ1n) is 13.1. The Morgan fingerprint density at radius 1 is 0.750 bits per heavy atom. The van der Waals surface area contributed by atoms with Crippen LogP contribution in [0.2, 0.25) is 0 Å². The Kier molecular flexibility index (Phi) is 6.58. The van der Waals surface area contributed by atoms with E-state index in [1.807, 2.05) is 0 Å². The molecule has 4 aliphatic rings. The van der Waals surface area contributed by atoms with E-state index in [0.717, 1.165) is 29.5 Å². The molecule has 160 valence electrons. The third kappa shape index (κ3) is 4.11. The van der Waals surface area contributed by atoms with Gasteiger partial charge in [0.2, 0.25) is 0 Å². The minimum atomic E-state index is 0.145. The Labute approximate surface area is 174 Å². The van der Waals surface area contributed by atoms with Crippen molar-refractivity contribution in [2.75, 3.05) is 0 Å². The fourth-order valence-electron chi connectivity index (χ4n) is 7.87. The molecule has 4 rings (SSSR count). The lowest BCUT2D eigenvalue weighted by atomic mass is 9.42. The lowest BCUT2D eigenvalue weighted by Crippen LogP contribution is -2.59. The van der Waals surface area contributed by atoms with Crippen LogP contribution in [-0.4, -0.2) is 5.78 Å². The zero-order chi connectivity index (χ0) is 19.6. The maximum Gasteiger partial charge on any atom is 0.145 e. The predicted molar refractivity (Wildman–Crippen MR) is 118 cm³/mol. The maximum absolute atomic E-state index is 13.4. The topological polar surface area (TPSA) is 17.1 Å². The first-order valence-corrected chi connectivity index (χ1v) is 13.1. The van der Waals surface area contributed by atoms with Gasteiger partial charge in [-0.3, -0.25) is 4.79 Å². The van der Waals surface area contributed by atoms with Gasteiger partial charge in [-0.25, -0.2) is 0 Å². The molecule has 0 aliphatic heterocycles. The molecule has 0 aromatic carbocycles. The van der Waals surface area contributed by atoms with Crippen LogP contribution in [-0.2, 0) is 4.79 Å². The molecule has 4 aliphatic carbocycles. The Morgan fingerprint density at radius 3 is 1.89 bits per heavy atom. The summed E-state index contributed by atoms with van der Waals surface area (Å²) in [6, 6.07) is 0. The Bertz CT molecular complexity index is 510. The highest BCUT2D eigenvalue weighted by Gasteiger charge is 2.63. The van der Waals surface area contributed by atoms with Crippen LogP contribution >= 0.6 is 0 Å². The van der Waals surface area contributed by atoms with Crippen molar-refractivity contribution in [1.82, 2.24) is 0 Å². The second-order valence-electron chi connectivity index (χ2n) is 11.7. The van der Waals surface area contributed by atoms with Crippen LogP contribution in [0.15, 0.2) is 0 Å². The molecule has 0 radical (unpaired) electrons. The molecule has 0 saturated heterocycles. The van der Waals surface area contributed by atoms with E-state index in [9.17, 15) is 4.79 Å². The highest BCUT2D eigenvalue weighted by Crippen LogP contribution is 2.64. The SMILES string of the molecule is CCCCCCC1CCC2(CC1)CC1(CCC(C3CCC(C)CC3)CC1)C2=O. The van der Waals surface area contributed by atoms with Crippen LogP contribution in [0.5, 0.6) is 0 Å². The summed E-state index contributed by atoms with van der Waals surface area (Å²) in [5, 5.41) is 0. The largest absolute Gasteiger partial charge is 0.298 e. The van der Waals surface area contributed by atoms with Gasteiger partial charge >= 0.3 is 0 Å². The van der Waals surface area contributed by atoms with Crippen LogP contribution in [0.4, 0.5) is 0 Å². The third-order valence-electron chi connectivity index (χ3n) is 9.88. The average molecular weight is 387 g/mol. The summed E-state index contributed by atoms with van der Waals surface area (Å²) < 4.78 is 0. The summed E-state index contributed by atoms with van der Waals surface area (Å²) in [6.45, 7) is 4.73. The van der Waals surface area contributed by atoms with Crippen LogP contribution in [0.3, 0.4) is 0 Å². The molecule has 2 spiro atoms. The molecule has 0 N–H and O–H groups in total. The van der Waals surface area contributed by atoms with E-state index in [4.69, 9.17) is 0 Å². The normalized spacial score (nSPS) is 44.0. The van der Waals surface area contributed by atoms with Gasteiger partial charge in [0.05, 0.1) is 0 Å². The molecule has 28 heavy (non-hydrogen) atoms. The van der Waals surface area contributed by atoms with Crippen molar-refractivity contribution >= 4 is 5.78 Å². The molecule has 0 unspecified atom stereocenters. The smallest absolute Gasteiger partial charge is 0.145 e. The van der Waals surface area contributed by atoms with Crippen molar-refractivity contribution in [2.45, 2.75) is 129 Å². The summed E-state index contributed by atoms with van der Waals surface area (Å²) in [5.41, 5.74) is 0.291. The molecule has 0 aromatic rings. The van der Waals surface area contributed by atoms with Gasteiger partial charge in [-0.1, -0.05) is 58.8 Å². The zero-order valence-electron chi connectivity index (χ0n) is 18.9. The van der Waals surface area contributed by atoms with Gasteiger partial charge in [0.25, 0.3) is 0 Å². The number of Topliss-reactive ketones (excluding diaryl/α,β-unsaturated/α-hetero) is 1. The van der Waals surface area contributed by atoms with Crippen molar-refractivity contribution in [3.8, 4) is 0 Å². The molecule has 0 atom stereocenters. The predicted octanol–water partition coefficient (Wildman–Crippen LogP) is 8.11. The summed E-state index contributed by atoms with van der Waals surface area (Å²) >= 11 is 0.